The van der Waals surface area contributed by atoms with Crippen molar-refractivity contribution in [3.05, 3.63) is 54.0 Å². The fourth-order valence-corrected chi connectivity index (χ4v) is 3.31. The van der Waals surface area contributed by atoms with Gasteiger partial charge in [0, 0.05) is 30.7 Å². The summed E-state index contributed by atoms with van der Waals surface area (Å²) < 4.78 is 22.0. The lowest BCUT2D eigenvalue weighted by Gasteiger charge is -2.31. The van der Waals surface area contributed by atoms with Crippen LogP contribution in [0.1, 0.15) is 18.4 Å². The number of carbonyl (C=O) groups is 2. The molecular weight excluding hydrogens is 364 g/mol. The van der Waals surface area contributed by atoms with E-state index in [9.17, 15) is 9.59 Å². The molecule has 8 nitrogen and oxygen atoms in total. The van der Waals surface area contributed by atoms with Crippen molar-refractivity contribution < 1.29 is 28.5 Å². The zero-order valence-corrected chi connectivity index (χ0v) is 15.2. The third kappa shape index (κ3) is 3.22. The van der Waals surface area contributed by atoms with Crippen molar-refractivity contribution in [2.24, 2.45) is 0 Å². The molecule has 0 atom stereocenters. The van der Waals surface area contributed by atoms with Gasteiger partial charge < -0.3 is 18.9 Å². The smallest absolute Gasteiger partial charge is 0.345 e. The van der Waals surface area contributed by atoms with Gasteiger partial charge in [-0.1, -0.05) is 12.1 Å². The molecule has 1 fully saturated rings. The van der Waals surface area contributed by atoms with Crippen LogP contribution in [0.2, 0.25) is 0 Å². The van der Waals surface area contributed by atoms with Crippen LogP contribution in [-0.2, 0) is 23.8 Å². The lowest BCUT2D eigenvalue weighted by molar-refractivity contribution is -0.142. The highest BCUT2D eigenvalue weighted by Gasteiger charge is 2.52. The van der Waals surface area contributed by atoms with Gasteiger partial charge in [-0.3, -0.25) is 4.79 Å². The fraction of sp³-hybridized carbons (Fsp3) is 0.300. The molecule has 0 bridgehead atoms. The third-order valence-electron chi connectivity index (χ3n) is 4.73. The first-order chi connectivity index (χ1) is 13.6. The van der Waals surface area contributed by atoms with E-state index in [2.05, 4.69) is 9.97 Å². The molecule has 3 heterocycles. The predicted octanol–water partition coefficient (Wildman–Crippen LogP) is 2.30. The Morgan fingerprint density at radius 3 is 2.75 bits per heavy atom. The number of benzene rings is 1. The first-order valence-corrected chi connectivity index (χ1v) is 8.81. The minimum atomic E-state index is -1.08. The average molecular weight is 382 g/mol. The summed E-state index contributed by atoms with van der Waals surface area (Å²) in [6.07, 6.45) is 3.71. The largest absolute Gasteiger partial charge is 0.477 e. The van der Waals surface area contributed by atoms with Crippen molar-refractivity contribution in [1.29, 1.82) is 0 Å². The van der Waals surface area contributed by atoms with Gasteiger partial charge in [0.25, 0.3) is 0 Å². The van der Waals surface area contributed by atoms with Crippen LogP contribution < -0.4 is 4.74 Å². The Bertz CT molecular complexity index is 935. The number of methoxy groups -OCH3 is 1. The summed E-state index contributed by atoms with van der Waals surface area (Å²) in [5.74, 6) is -0.0207. The number of ether oxygens (including phenoxy) is 4. The number of esters is 1. The van der Waals surface area contributed by atoms with Crippen LogP contribution in [0.15, 0.2) is 48.4 Å². The van der Waals surface area contributed by atoms with Gasteiger partial charge in [0.1, 0.15) is 23.4 Å². The molecule has 0 amide bonds. The molecule has 1 saturated heterocycles. The van der Waals surface area contributed by atoms with Gasteiger partial charge >= 0.3 is 5.97 Å². The molecule has 0 saturated carbocycles. The normalized spacial score (nSPS) is 18.1. The molecular formula is C20H18N2O6. The van der Waals surface area contributed by atoms with E-state index in [0.29, 0.717) is 43.2 Å². The molecule has 4 rings (SSSR count). The van der Waals surface area contributed by atoms with Crippen LogP contribution in [0.25, 0.3) is 5.76 Å². The zero-order valence-electron chi connectivity index (χ0n) is 15.2. The molecule has 0 unspecified atom stereocenters. The second-order valence-corrected chi connectivity index (χ2v) is 6.41. The first kappa shape index (κ1) is 18.1. The molecule has 2 aliphatic rings. The van der Waals surface area contributed by atoms with Gasteiger partial charge in [0.15, 0.2) is 5.60 Å². The van der Waals surface area contributed by atoms with E-state index in [1.807, 2.05) is 0 Å². The van der Waals surface area contributed by atoms with Crippen LogP contribution in [-0.4, -0.2) is 47.6 Å². The molecule has 0 aliphatic carbocycles. The average Bonchev–Trinajstić information content (AvgIpc) is 3.01. The standard InChI is InChI=1S/C20H18N2O6/c1-25-19(24)16-17(28-20(18(16)23)6-9-26-10-7-20)13-3-2-4-14(11-13)27-15-5-8-21-12-22-15/h2-5,8,11-12H,6-7,9-10H2,1H3. The maximum Gasteiger partial charge on any atom is 0.345 e. The molecule has 1 aromatic heterocycles. The van der Waals surface area contributed by atoms with Crippen molar-refractivity contribution in [1.82, 2.24) is 9.97 Å². The maximum absolute atomic E-state index is 13.1. The molecule has 2 aromatic rings. The van der Waals surface area contributed by atoms with Crippen molar-refractivity contribution in [3.8, 4) is 11.6 Å². The van der Waals surface area contributed by atoms with Gasteiger partial charge in [0.2, 0.25) is 11.7 Å². The Morgan fingerprint density at radius 2 is 2.04 bits per heavy atom. The summed E-state index contributed by atoms with van der Waals surface area (Å²) in [6, 6.07) is 8.54. The monoisotopic (exact) mass is 382 g/mol. The van der Waals surface area contributed by atoms with E-state index in [-0.39, 0.29) is 17.1 Å². The zero-order chi connectivity index (χ0) is 19.6. The minimum absolute atomic E-state index is 0.0800. The summed E-state index contributed by atoms with van der Waals surface area (Å²) in [5, 5.41) is 0. The van der Waals surface area contributed by atoms with Crippen molar-refractivity contribution in [3.63, 3.8) is 0 Å². The van der Waals surface area contributed by atoms with Crippen LogP contribution in [0.4, 0.5) is 0 Å². The lowest BCUT2D eigenvalue weighted by Crippen LogP contribution is -2.43. The quantitative estimate of drug-likeness (QED) is 0.587. The second-order valence-electron chi connectivity index (χ2n) is 6.41. The van der Waals surface area contributed by atoms with E-state index >= 15 is 0 Å². The van der Waals surface area contributed by atoms with E-state index in [1.54, 1.807) is 36.5 Å². The van der Waals surface area contributed by atoms with Gasteiger partial charge in [0.05, 0.1) is 20.3 Å². The van der Waals surface area contributed by atoms with Gasteiger partial charge in [-0.2, -0.15) is 0 Å². The SMILES string of the molecule is COC(=O)C1=C(c2cccc(Oc3ccncn3)c2)OC2(CCOCC2)C1=O. The van der Waals surface area contributed by atoms with E-state index in [0.717, 1.165) is 0 Å². The number of Topliss-reactive ketones (excluding diaryl/α,β-unsaturated/α-hetero) is 1. The Balaban J connectivity index is 1.71. The van der Waals surface area contributed by atoms with Gasteiger partial charge in [-0.15, -0.1) is 0 Å². The summed E-state index contributed by atoms with van der Waals surface area (Å²) in [7, 11) is 1.24. The number of hydrogen-bond donors (Lipinski definition) is 0. The lowest BCUT2D eigenvalue weighted by atomic mass is 9.87. The summed E-state index contributed by atoms with van der Waals surface area (Å²) >= 11 is 0. The highest BCUT2D eigenvalue weighted by Crippen LogP contribution is 2.43. The molecule has 0 N–H and O–H groups in total. The minimum Gasteiger partial charge on any atom is -0.477 e. The Morgan fingerprint density at radius 1 is 1.21 bits per heavy atom. The van der Waals surface area contributed by atoms with Crippen molar-refractivity contribution in [2.75, 3.05) is 20.3 Å². The molecule has 28 heavy (non-hydrogen) atoms. The Hall–Kier alpha value is -3.26. The number of carbonyl (C=O) groups excluding carboxylic acids is 2. The Kier molecular flexibility index (Phi) is 4.79. The molecule has 1 spiro atoms. The maximum atomic E-state index is 13.1. The molecule has 0 radical (unpaired) electrons. The number of nitrogens with zero attached hydrogens (tertiary/aromatic N) is 2. The van der Waals surface area contributed by atoms with Crippen LogP contribution in [0.5, 0.6) is 11.6 Å². The number of aromatic nitrogens is 2. The number of hydrogen-bond acceptors (Lipinski definition) is 8. The number of rotatable bonds is 4. The first-order valence-electron chi connectivity index (χ1n) is 8.81. The molecule has 8 heteroatoms. The van der Waals surface area contributed by atoms with Crippen molar-refractivity contribution in [2.45, 2.75) is 18.4 Å². The number of ketones is 1. The summed E-state index contributed by atoms with van der Waals surface area (Å²) in [6.45, 7) is 0.786. The van der Waals surface area contributed by atoms with Gasteiger partial charge in [-0.25, -0.2) is 14.8 Å². The topological polar surface area (TPSA) is 96.8 Å². The van der Waals surface area contributed by atoms with Crippen LogP contribution >= 0.6 is 0 Å². The van der Waals surface area contributed by atoms with E-state index in [1.165, 1.54) is 13.4 Å². The highest BCUT2D eigenvalue weighted by molar-refractivity contribution is 6.27. The molecule has 1 aromatic carbocycles. The summed E-state index contributed by atoms with van der Waals surface area (Å²) in [4.78, 5) is 33.3. The highest BCUT2D eigenvalue weighted by atomic mass is 16.5. The third-order valence-corrected chi connectivity index (χ3v) is 4.73. The van der Waals surface area contributed by atoms with E-state index < -0.39 is 11.6 Å². The Labute approximate surface area is 161 Å². The second kappa shape index (κ2) is 7.40. The van der Waals surface area contributed by atoms with E-state index in [4.69, 9.17) is 18.9 Å². The van der Waals surface area contributed by atoms with Crippen LogP contribution in [0.3, 0.4) is 0 Å². The molecule has 144 valence electrons. The predicted molar refractivity (Wildman–Crippen MR) is 96.4 cm³/mol. The van der Waals surface area contributed by atoms with Gasteiger partial charge in [-0.05, 0) is 12.1 Å². The fourth-order valence-electron chi connectivity index (χ4n) is 3.31. The molecule has 2 aliphatic heterocycles. The van der Waals surface area contributed by atoms with Crippen LogP contribution in [0, 0.1) is 0 Å². The van der Waals surface area contributed by atoms with Crippen molar-refractivity contribution >= 4 is 17.5 Å². The summed E-state index contributed by atoms with van der Waals surface area (Å²) in [5.41, 5.74) is -0.618.